The maximum atomic E-state index is 14.4. The number of nitrogens with one attached hydrogen (secondary N) is 1. The highest BCUT2D eigenvalue weighted by molar-refractivity contribution is 4.88. The van der Waals surface area contributed by atoms with E-state index in [0.717, 1.165) is 39.3 Å². The number of halogens is 1. The minimum Gasteiger partial charge on any atom is -0.316 e. The lowest BCUT2D eigenvalue weighted by molar-refractivity contribution is 0.0411. The van der Waals surface area contributed by atoms with Gasteiger partial charge in [-0.15, -0.1) is 0 Å². The van der Waals surface area contributed by atoms with Crippen molar-refractivity contribution in [3.05, 3.63) is 0 Å². The molecule has 0 aromatic heterocycles. The summed E-state index contributed by atoms with van der Waals surface area (Å²) in [5, 5.41) is 3.22. The van der Waals surface area contributed by atoms with Gasteiger partial charge in [-0.05, 0) is 33.0 Å². The minimum absolute atomic E-state index is 0.641. The SMILES string of the molecule is CN1CCN(CC2(F)CCNCC2)CC1. The van der Waals surface area contributed by atoms with E-state index in [0.29, 0.717) is 19.4 Å². The molecule has 0 unspecified atom stereocenters. The highest BCUT2D eigenvalue weighted by atomic mass is 19.1. The van der Waals surface area contributed by atoms with Gasteiger partial charge in [0.15, 0.2) is 0 Å². The van der Waals surface area contributed by atoms with Crippen LogP contribution in [-0.4, -0.2) is 68.3 Å². The monoisotopic (exact) mass is 215 g/mol. The van der Waals surface area contributed by atoms with Crippen LogP contribution in [0, 0.1) is 0 Å². The third-order valence-corrected chi connectivity index (χ3v) is 3.60. The second kappa shape index (κ2) is 4.76. The van der Waals surface area contributed by atoms with Gasteiger partial charge in [-0.3, -0.25) is 4.90 Å². The molecular weight excluding hydrogens is 193 g/mol. The Kier molecular flexibility index (Phi) is 3.59. The minimum atomic E-state index is -0.929. The van der Waals surface area contributed by atoms with E-state index in [1.807, 2.05) is 0 Å². The van der Waals surface area contributed by atoms with E-state index in [9.17, 15) is 4.39 Å². The first-order chi connectivity index (χ1) is 7.18. The molecule has 2 aliphatic rings. The summed E-state index contributed by atoms with van der Waals surface area (Å²) in [5.41, 5.74) is -0.929. The maximum Gasteiger partial charge on any atom is 0.126 e. The van der Waals surface area contributed by atoms with Gasteiger partial charge < -0.3 is 10.2 Å². The first-order valence-electron chi connectivity index (χ1n) is 5.99. The number of likely N-dealkylation sites (N-methyl/N-ethyl adjacent to an activating group) is 1. The normalized spacial score (nSPS) is 29.2. The smallest absolute Gasteiger partial charge is 0.126 e. The summed E-state index contributed by atoms with van der Waals surface area (Å²) in [4.78, 5) is 4.59. The summed E-state index contributed by atoms with van der Waals surface area (Å²) in [6.07, 6.45) is 1.36. The molecule has 0 bridgehead atoms. The third kappa shape index (κ3) is 3.13. The molecule has 88 valence electrons. The first kappa shape index (κ1) is 11.3. The molecule has 0 saturated carbocycles. The van der Waals surface area contributed by atoms with Gasteiger partial charge in [0, 0.05) is 32.7 Å². The molecule has 4 heteroatoms. The highest BCUT2D eigenvalue weighted by Crippen LogP contribution is 2.24. The first-order valence-corrected chi connectivity index (χ1v) is 5.99. The maximum absolute atomic E-state index is 14.4. The number of hydrogen-bond donors (Lipinski definition) is 1. The Balaban J connectivity index is 1.80. The molecular formula is C11H22FN3. The fourth-order valence-corrected chi connectivity index (χ4v) is 2.44. The zero-order valence-corrected chi connectivity index (χ0v) is 9.64. The van der Waals surface area contributed by atoms with Crippen LogP contribution in [0.3, 0.4) is 0 Å². The van der Waals surface area contributed by atoms with Crippen LogP contribution < -0.4 is 5.32 Å². The molecule has 0 aromatic carbocycles. The van der Waals surface area contributed by atoms with Crippen LogP contribution in [0.1, 0.15) is 12.8 Å². The predicted molar refractivity (Wildman–Crippen MR) is 59.9 cm³/mol. The van der Waals surface area contributed by atoms with Crippen molar-refractivity contribution in [1.82, 2.24) is 15.1 Å². The van der Waals surface area contributed by atoms with Crippen LogP contribution in [0.15, 0.2) is 0 Å². The van der Waals surface area contributed by atoms with E-state index < -0.39 is 5.67 Å². The summed E-state index contributed by atoms with van der Waals surface area (Å²) in [7, 11) is 2.13. The molecule has 0 atom stereocenters. The van der Waals surface area contributed by atoms with Crippen molar-refractivity contribution in [2.24, 2.45) is 0 Å². The van der Waals surface area contributed by atoms with Gasteiger partial charge in [-0.2, -0.15) is 0 Å². The number of alkyl halides is 1. The van der Waals surface area contributed by atoms with Gasteiger partial charge in [-0.25, -0.2) is 4.39 Å². The van der Waals surface area contributed by atoms with E-state index in [-0.39, 0.29) is 0 Å². The lowest BCUT2D eigenvalue weighted by Gasteiger charge is -2.38. The molecule has 2 fully saturated rings. The Morgan fingerprint density at radius 3 is 2.33 bits per heavy atom. The van der Waals surface area contributed by atoms with Gasteiger partial charge in [0.2, 0.25) is 0 Å². The zero-order valence-electron chi connectivity index (χ0n) is 9.64. The number of piperazine rings is 1. The van der Waals surface area contributed by atoms with E-state index in [1.165, 1.54) is 0 Å². The van der Waals surface area contributed by atoms with Crippen LogP contribution in [0.5, 0.6) is 0 Å². The van der Waals surface area contributed by atoms with Gasteiger partial charge in [-0.1, -0.05) is 0 Å². The Bertz CT molecular complexity index is 196. The van der Waals surface area contributed by atoms with Crippen molar-refractivity contribution < 1.29 is 4.39 Å². The van der Waals surface area contributed by atoms with Crippen molar-refractivity contribution in [2.45, 2.75) is 18.5 Å². The molecule has 3 nitrogen and oxygen atoms in total. The van der Waals surface area contributed by atoms with Gasteiger partial charge in [0.1, 0.15) is 5.67 Å². The van der Waals surface area contributed by atoms with Gasteiger partial charge in [0.05, 0.1) is 0 Å². The standard InChI is InChI=1S/C11H22FN3/c1-14-6-8-15(9-7-14)10-11(12)2-4-13-5-3-11/h13H,2-10H2,1H3. The quantitative estimate of drug-likeness (QED) is 0.716. The Labute approximate surface area is 91.6 Å². The topological polar surface area (TPSA) is 18.5 Å². The van der Waals surface area contributed by atoms with Crippen LogP contribution in [0.25, 0.3) is 0 Å². The summed E-state index contributed by atoms with van der Waals surface area (Å²) in [6.45, 7) is 6.52. The van der Waals surface area contributed by atoms with E-state index in [4.69, 9.17) is 0 Å². The molecule has 2 heterocycles. The molecule has 15 heavy (non-hydrogen) atoms. The van der Waals surface area contributed by atoms with Crippen LogP contribution >= 0.6 is 0 Å². The van der Waals surface area contributed by atoms with Crippen LogP contribution in [-0.2, 0) is 0 Å². The number of piperidine rings is 1. The van der Waals surface area contributed by atoms with Crippen molar-refractivity contribution in [3.63, 3.8) is 0 Å². The van der Waals surface area contributed by atoms with Gasteiger partial charge in [0.25, 0.3) is 0 Å². The molecule has 2 rings (SSSR count). The second-order valence-corrected chi connectivity index (χ2v) is 4.98. The Hall–Kier alpha value is -0.190. The number of nitrogens with zero attached hydrogens (tertiary/aromatic N) is 2. The lowest BCUT2D eigenvalue weighted by atomic mass is 9.93. The fourth-order valence-electron chi connectivity index (χ4n) is 2.44. The number of rotatable bonds is 2. The molecule has 2 aliphatic heterocycles. The van der Waals surface area contributed by atoms with Crippen molar-refractivity contribution in [2.75, 3.05) is 52.9 Å². The van der Waals surface area contributed by atoms with Crippen LogP contribution in [0.4, 0.5) is 4.39 Å². The summed E-state index contributed by atoms with van der Waals surface area (Å²) >= 11 is 0. The van der Waals surface area contributed by atoms with E-state index in [2.05, 4.69) is 22.2 Å². The lowest BCUT2D eigenvalue weighted by Crippen LogP contribution is -2.52. The molecule has 0 amide bonds. The van der Waals surface area contributed by atoms with Crippen molar-refractivity contribution in [1.29, 1.82) is 0 Å². The largest absolute Gasteiger partial charge is 0.316 e. The fraction of sp³-hybridized carbons (Fsp3) is 1.00. The van der Waals surface area contributed by atoms with Crippen LogP contribution in [0.2, 0.25) is 0 Å². The molecule has 1 N–H and O–H groups in total. The molecule has 0 aromatic rings. The summed E-state index contributed by atoms with van der Waals surface area (Å²) in [6, 6.07) is 0. The highest BCUT2D eigenvalue weighted by Gasteiger charge is 2.34. The molecule has 0 spiro atoms. The number of hydrogen-bond acceptors (Lipinski definition) is 3. The Morgan fingerprint density at radius 1 is 1.13 bits per heavy atom. The summed E-state index contributed by atoms with van der Waals surface area (Å²) < 4.78 is 14.4. The molecule has 2 saturated heterocycles. The van der Waals surface area contributed by atoms with E-state index in [1.54, 1.807) is 0 Å². The second-order valence-electron chi connectivity index (χ2n) is 4.98. The van der Waals surface area contributed by atoms with Crippen molar-refractivity contribution in [3.8, 4) is 0 Å². The zero-order chi connectivity index (χ0) is 10.7. The molecule has 0 radical (unpaired) electrons. The average Bonchev–Trinajstić information content (AvgIpc) is 2.22. The third-order valence-electron chi connectivity index (χ3n) is 3.60. The van der Waals surface area contributed by atoms with Crippen molar-refractivity contribution >= 4 is 0 Å². The van der Waals surface area contributed by atoms with E-state index >= 15 is 0 Å². The predicted octanol–water partition coefficient (Wildman–Crippen LogP) is 0.326. The average molecular weight is 215 g/mol. The summed E-state index contributed by atoms with van der Waals surface area (Å²) in [5.74, 6) is 0. The van der Waals surface area contributed by atoms with Gasteiger partial charge >= 0.3 is 0 Å². The molecule has 0 aliphatic carbocycles. The Morgan fingerprint density at radius 2 is 1.73 bits per heavy atom.